The minimum absolute atomic E-state index is 0.473. The summed E-state index contributed by atoms with van der Waals surface area (Å²) < 4.78 is 37.9. The molecule has 0 atom stereocenters. The highest BCUT2D eigenvalue weighted by Crippen LogP contribution is 2.31. The maximum absolute atomic E-state index is 12.9. The lowest BCUT2D eigenvalue weighted by molar-refractivity contribution is 0.491. The molecule has 0 fully saturated rings. The summed E-state index contributed by atoms with van der Waals surface area (Å²) in [7, 11) is 0. The van der Waals surface area contributed by atoms with E-state index in [1.165, 1.54) is 6.07 Å². The molecule has 0 heterocycles. The standard InChI is InChI=1S/C7BrClF3N/c8-3-2(1-13)5(10)7(12)4(9)6(3)11. The van der Waals surface area contributed by atoms with E-state index in [2.05, 4.69) is 15.9 Å². The van der Waals surface area contributed by atoms with Crippen LogP contribution in [-0.2, 0) is 0 Å². The summed E-state index contributed by atoms with van der Waals surface area (Å²) in [5.74, 6) is -4.20. The molecule has 1 nitrogen and oxygen atoms in total. The molecule has 0 radical (unpaired) electrons. The second-order valence-corrected chi connectivity index (χ2v) is 3.23. The van der Waals surface area contributed by atoms with E-state index < -0.39 is 32.5 Å². The van der Waals surface area contributed by atoms with Gasteiger partial charge in [-0.25, -0.2) is 13.2 Å². The van der Waals surface area contributed by atoms with Crippen LogP contribution in [0.1, 0.15) is 5.56 Å². The molecule has 0 aromatic heterocycles. The molecule has 0 aliphatic carbocycles. The van der Waals surface area contributed by atoms with Crippen molar-refractivity contribution in [3.05, 3.63) is 32.5 Å². The Morgan fingerprint density at radius 1 is 1.15 bits per heavy atom. The number of benzene rings is 1. The first kappa shape index (κ1) is 10.4. The van der Waals surface area contributed by atoms with Gasteiger partial charge in [0.1, 0.15) is 16.7 Å². The lowest BCUT2D eigenvalue weighted by atomic mass is 10.2. The summed E-state index contributed by atoms with van der Waals surface area (Å²) in [6, 6.07) is 1.31. The first-order valence-corrected chi connectivity index (χ1v) is 4.09. The van der Waals surface area contributed by atoms with Crippen molar-refractivity contribution in [1.82, 2.24) is 0 Å². The van der Waals surface area contributed by atoms with Gasteiger partial charge in [-0.05, 0) is 15.9 Å². The predicted octanol–water partition coefficient (Wildman–Crippen LogP) is 3.39. The quantitative estimate of drug-likeness (QED) is 0.523. The molecule has 0 N–H and O–H groups in total. The maximum atomic E-state index is 12.9. The highest BCUT2D eigenvalue weighted by atomic mass is 79.9. The molecular weight excluding hydrogens is 270 g/mol. The summed E-state index contributed by atoms with van der Waals surface area (Å²) in [6.07, 6.45) is 0. The van der Waals surface area contributed by atoms with E-state index in [-0.39, 0.29) is 0 Å². The zero-order valence-corrected chi connectivity index (χ0v) is 8.18. The first-order valence-electron chi connectivity index (χ1n) is 2.92. The smallest absolute Gasteiger partial charge is 0.181 e. The van der Waals surface area contributed by atoms with Crippen LogP contribution in [0, 0.1) is 28.8 Å². The minimum atomic E-state index is -1.56. The highest BCUT2D eigenvalue weighted by Gasteiger charge is 2.22. The van der Waals surface area contributed by atoms with Gasteiger partial charge in [-0.2, -0.15) is 5.26 Å². The molecule has 1 aromatic carbocycles. The van der Waals surface area contributed by atoms with E-state index in [0.29, 0.717) is 0 Å². The van der Waals surface area contributed by atoms with Crippen molar-refractivity contribution in [1.29, 1.82) is 5.26 Å². The first-order chi connectivity index (χ1) is 6.00. The van der Waals surface area contributed by atoms with Crippen molar-refractivity contribution >= 4 is 27.5 Å². The van der Waals surface area contributed by atoms with E-state index in [9.17, 15) is 13.2 Å². The summed E-state index contributed by atoms with van der Waals surface area (Å²) >= 11 is 7.68. The topological polar surface area (TPSA) is 23.8 Å². The third kappa shape index (κ3) is 1.52. The van der Waals surface area contributed by atoms with Crippen molar-refractivity contribution < 1.29 is 13.2 Å². The second-order valence-electron chi connectivity index (χ2n) is 2.06. The van der Waals surface area contributed by atoms with Gasteiger partial charge in [0.05, 0.1) is 4.47 Å². The fourth-order valence-electron chi connectivity index (χ4n) is 0.703. The van der Waals surface area contributed by atoms with E-state index in [4.69, 9.17) is 16.9 Å². The van der Waals surface area contributed by atoms with Crippen LogP contribution in [0.3, 0.4) is 0 Å². The normalized spacial score (nSPS) is 9.85. The Labute approximate surface area is 84.9 Å². The molecule has 0 aliphatic heterocycles. The van der Waals surface area contributed by atoms with Crippen molar-refractivity contribution in [2.75, 3.05) is 0 Å². The Bertz CT molecular complexity index is 384. The molecule has 0 spiro atoms. The predicted molar refractivity (Wildman–Crippen MR) is 43.7 cm³/mol. The van der Waals surface area contributed by atoms with E-state index in [1.54, 1.807) is 0 Å². The summed E-state index contributed by atoms with van der Waals surface area (Å²) in [5.41, 5.74) is -0.737. The molecule has 0 bridgehead atoms. The summed E-state index contributed by atoms with van der Waals surface area (Å²) in [5, 5.41) is 7.37. The largest absolute Gasteiger partial charge is 0.204 e. The Hall–Kier alpha value is -0.730. The zero-order chi connectivity index (χ0) is 10.2. The van der Waals surface area contributed by atoms with Gasteiger partial charge in [-0.15, -0.1) is 0 Å². The number of halogens is 5. The maximum Gasteiger partial charge on any atom is 0.181 e. The van der Waals surface area contributed by atoms with Crippen molar-refractivity contribution in [2.45, 2.75) is 0 Å². The van der Waals surface area contributed by atoms with Gasteiger partial charge < -0.3 is 0 Å². The Balaban J connectivity index is 3.69. The highest BCUT2D eigenvalue weighted by molar-refractivity contribution is 9.10. The van der Waals surface area contributed by atoms with Crippen LogP contribution in [0.2, 0.25) is 5.02 Å². The average Bonchev–Trinajstić information content (AvgIpc) is 2.13. The van der Waals surface area contributed by atoms with Gasteiger partial charge in [0, 0.05) is 0 Å². The molecular formula is C7BrClF3N. The number of nitrogens with zero attached hydrogens (tertiary/aromatic N) is 1. The summed E-state index contributed by atoms with van der Waals surface area (Å²) in [6.45, 7) is 0. The number of nitriles is 1. The third-order valence-electron chi connectivity index (χ3n) is 1.32. The Kier molecular flexibility index (Phi) is 2.84. The average molecular weight is 270 g/mol. The molecule has 68 valence electrons. The molecule has 0 unspecified atom stereocenters. The van der Waals surface area contributed by atoms with Crippen LogP contribution < -0.4 is 0 Å². The fraction of sp³-hybridized carbons (Fsp3) is 0. The van der Waals surface area contributed by atoms with Gasteiger partial charge in [-0.3, -0.25) is 0 Å². The Morgan fingerprint density at radius 3 is 2.15 bits per heavy atom. The van der Waals surface area contributed by atoms with Gasteiger partial charge >= 0.3 is 0 Å². The van der Waals surface area contributed by atoms with E-state index >= 15 is 0 Å². The van der Waals surface area contributed by atoms with Crippen LogP contribution >= 0.6 is 27.5 Å². The fourth-order valence-corrected chi connectivity index (χ4v) is 1.46. The molecule has 0 saturated heterocycles. The summed E-state index contributed by atoms with van der Waals surface area (Å²) in [4.78, 5) is 0. The van der Waals surface area contributed by atoms with E-state index in [1.807, 2.05) is 0 Å². The molecule has 1 aromatic rings. The van der Waals surface area contributed by atoms with Crippen molar-refractivity contribution in [3.63, 3.8) is 0 Å². The van der Waals surface area contributed by atoms with Gasteiger partial charge in [0.25, 0.3) is 0 Å². The molecule has 0 amide bonds. The molecule has 0 aliphatic rings. The van der Waals surface area contributed by atoms with Crippen LogP contribution in [0.15, 0.2) is 4.47 Å². The minimum Gasteiger partial charge on any atom is -0.204 e. The number of hydrogen-bond donors (Lipinski definition) is 0. The van der Waals surface area contributed by atoms with Crippen LogP contribution in [0.5, 0.6) is 0 Å². The zero-order valence-electron chi connectivity index (χ0n) is 5.84. The van der Waals surface area contributed by atoms with Crippen LogP contribution in [-0.4, -0.2) is 0 Å². The van der Waals surface area contributed by atoms with Crippen molar-refractivity contribution in [2.24, 2.45) is 0 Å². The van der Waals surface area contributed by atoms with Gasteiger partial charge in [-0.1, -0.05) is 11.6 Å². The molecule has 13 heavy (non-hydrogen) atoms. The third-order valence-corrected chi connectivity index (χ3v) is 2.40. The lowest BCUT2D eigenvalue weighted by Crippen LogP contribution is -1.97. The lowest BCUT2D eigenvalue weighted by Gasteiger charge is -2.02. The van der Waals surface area contributed by atoms with Crippen LogP contribution in [0.4, 0.5) is 13.2 Å². The molecule has 6 heteroatoms. The van der Waals surface area contributed by atoms with Gasteiger partial charge in [0.2, 0.25) is 0 Å². The number of hydrogen-bond acceptors (Lipinski definition) is 1. The van der Waals surface area contributed by atoms with E-state index in [0.717, 1.165) is 0 Å². The van der Waals surface area contributed by atoms with Crippen LogP contribution in [0.25, 0.3) is 0 Å². The number of rotatable bonds is 0. The Morgan fingerprint density at radius 2 is 1.69 bits per heavy atom. The van der Waals surface area contributed by atoms with Crippen molar-refractivity contribution in [3.8, 4) is 6.07 Å². The SMILES string of the molecule is N#Cc1c(F)c(F)c(Cl)c(F)c1Br. The molecule has 1 rings (SSSR count). The van der Waals surface area contributed by atoms with Gasteiger partial charge in [0.15, 0.2) is 17.5 Å². The molecule has 0 saturated carbocycles. The monoisotopic (exact) mass is 269 g/mol. The second kappa shape index (κ2) is 3.56.